The lowest BCUT2D eigenvalue weighted by atomic mass is 10.1. The second-order valence-corrected chi connectivity index (χ2v) is 5.27. The monoisotopic (exact) mass is 339 g/mol. The lowest BCUT2D eigenvalue weighted by Crippen LogP contribution is -2.15. The van der Waals surface area contributed by atoms with Crippen molar-refractivity contribution in [2.75, 3.05) is 6.61 Å². The van der Waals surface area contributed by atoms with Gasteiger partial charge in [-0.1, -0.05) is 18.2 Å². The number of hydrogen-bond acceptors (Lipinski definition) is 5. The number of ketones is 1. The van der Waals surface area contributed by atoms with Gasteiger partial charge in [0.05, 0.1) is 11.4 Å². The number of Topliss-reactive ketones (excluding diaryl/α,β-unsaturated/α-hetero) is 1. The van der Waals surface area contributed by atoms with Crippen molar-refractivity contribution in [2.24, 2.45) is 0 Å². The smallest absolute Gasteiger partial charge is 0.361 e. The molecule has 1 aromatic heterocycles. The van der Waals surface area contributed by atoms with Crippen LogP contribution in [0.3, 0.4) is 0 Å². The highest BCUT2D eigenvalue weighted by molar-refractivity contribution is 5.99. The summed E-state index contributed by atoms with van der Waals surface area (Å²) in [5, 5.41) is 8.29. The van der Waals surface area contributed by atoms with Crippen molar-refractivity contribution in [2.45, 2.75) is 6.92 Å². The molecule has 7 heteroatoms. The van der Waals surface area contributed by atoms with E-state index >= 15 is 0 Å². The number of carbonyl (C=O) groups excluding carboxylic acids is 2. The van der Waals surface area contributed by atoms with Gasteiger partial charge < -0.3 is 4.74 Å². The van der Waals surface area contributed by atoms with E-state index in [1.807, 2.05) is 18.2 Å². The molecule has 0 fully saturated rings. The van der Waals surface area contributed by atoms with Gasteiger partial charge in [-0.15, -0.1) is 5.10 Å². The van der Waals surface area contributed by atoms with Crippen molar-refractivity contribution < 1.29 is 18.7 Å². The Morgan fingerprint density at radius 1 is 1.04 bits per heavy atom. The summed E-state index contributed by atoms with van der Waals surface area (Å²) in [4.78, 5) is 25.4. The van der Waals surface area contributed by atoms with E-state index in [1.165, 1.54) is 29.1 Å². The minimum Gasteiger partial charge on any atom is -0.452 e. The minimum absolute atomic E-state index is 0.0377. The first-order valence-electron chi connectivity index (χ1n) is 7.50. The number of carbonyl (C=O) groups is 2. The number of para-hydroxylation sites is 1. The van der Waals surface area contributed by atoms with Crippen LogP contribution in [0.25, 0.3) is 5.69 Å². The highest BCUT2D eigenvalue weighted by Crippen LogP contribution is 2.10. The molecular weight excluding hydrogens is 325 g/mol. The van der Waals surface area contributed by atoms with Crippen molar-refractivity contribution in [3.05, 3.63) is 77.4 Å². The van der Waals surface area contributed by atoms with Crippen LogP contribution in [-0.2, 0) is 4.74 Å². The van der Waals surface area contributed by atoms with E-state index in [4.69, 9.17) is 4.74 Å². The number of ether oxygens (including phenoxy) is 1. The largest absolute Gasteiger partial charge is 0.452 e. The summed E-state index contributed by atoms with van der Waals surface area (Å²) >= 11 is 0. The first kappa shape index (κ1) is 16.5. The van der Waals surface area contributed by atoms with Crippen molar-refractivity contribution in [3.8, 4) is 5.69 Å². The molecule has 0 aliphatic carbocycles. The second kappa shape index (κ2) is 7.04. The van der Waals surface area contributed by atoms with Crippen LogP contribution in [0.5, 0.6) is 0 Å². The molecule has 0 spiro atoms. The van der Waals surface area contributed by atoms with Crippen LogP contribution < -0.4 is 0 Å². The maximum Gasteiger partial charge on any atom is 0.361 e. The number of benzene rings is 2. The van der Waals surface area contributed by atoms with Crippen LogP contribution in [0.1, 0.15) is 26.5 Å². The predicted octanol–water partition coefficient (Wildman–Crippen LogP) is 2.75. The van der Waals surface area contributed by atoms with E-state index in [9.17, 15) is 14.0 Å². The second-order valence-electron chi connectivity index (χ2n) is 5.27. The number of esters is 1. The molecular formula is C18H14FN3O3. The van der Waals surface area contributed by atoms with Gasteiger partial charge in [-0.05, 0) is 43.3 Å². The standard InChI is InChI=1S/C18H14FN3O3/c1-12-17(21-22(20-12)15-5-3-2-4-6-15)18(24)25-11-16(23)13-7-9-14(19)10-8-13/h2-10H,11H2,1H3. The van der Waals surface area contributed by atoms with Gasteiger partial charge in [0.15, 0.2) is 18.1 Å². The van der Waals surface area contributed by atoms with Crippen LogP contribution in [-0.4, -0.2) is 33.4 Å². The van der Waals surface area contributed by atoms with Gasteiger partial charge in [0.2, 0.25) is 0 Å². The minimum atomic E-state index is -0.741. The molecule has 3 rings (SSSR count). The van der Waals surface area contributed by atoms with Crippen molar-refractivity contribution >= 4 is 11.8 Å². The lowest BCUT2D eigenvalue weighted by molar-refractivity contribution is 0.0467. The molecule has 0 bridgehead atoms. The molecule has 2 aromatic carbocycles. The molecule has 0 aliphatic heterocycles. The van der Waals surface area contributed by atoms with Gasteiger partial charge in [0.1, 0.15) is 5.82 Å². The summed E-state index contributed by atoms with van der Waals surface area (Å²) in [7, 11) is 0. The first-order chi connectivity index (χ1) is 12.0. The highest BCUT2D eigenvalue weighted by atomic mass is 19.1. The van der Waals surface area contributed by atoms with Gasteiger partial charge >= 0.3 is 5.97 Å². The Hall–Kier alpha value is -3.35. The Balaban J connectivity index is 1.68. The van der Waals surface area contributed by atoms with Gasteiger partial charge in [-0.25, -0.2) is 9.18 Å². The molecule has 0 saturated heterocycles. The maximum atomic E-state index is 12.9. The summed E-state index contributed by atoms with van der Waals surface area (Å²) in [6.07, 6.45) is 0. The van der Waals surface area contributed by atoms with E-state index in [0.717, 1.165) is 0 Å². The topological polar surface area (TPSA) is 74.1 Å². The number of nitrogens with zero attached hydrogens (tertiary/aromatic N) is 3. The Labute approximate surface area is 142 Å². The molecule has 0 amide bonds. The quantitative estimate of drug-likeness (QED) is 0.528. The fourth-order valence-electron chi connectivity index (χ4n) is 2.16. The zero-order chi connectivity index (χ0) is 17.8. The zero-order valence-corrected chi connectivity index (χ0v) is 13.3. The fraction of sp³-hybridized carbons (Fsp3) is 0.111. The Kier molecular flexibility index (Phi) is 4.65. The van der Waals surface area contributed by atoms with E-state index in [2.05, 4.69) is 10.2 Å². The Bertz CT molecular complexity index is 905. The predicted molar refractivity (Wildman–Crippen MR) is 87.1 cm³/mol. The number of rotatable bonds is 5. The molecule has 6 nitrogen and oxygen atoms in total. The zero-order valence-electron chi connectivity index (χ0n) is 13.3. The van der Waals surface area contributed by atoms with E-state index in [0.29, 0.717) is 11.4 Å². The fourth-order valence-corrected chi connectivity index (χ4v) is 2.16. The molecule has 0 aliphatic rings. The van der Waals surface area contributed by atoms with E-state index < -0.39 is 24.2 Å². The van der Waals surface area contributed by atoms with Crippen LogP contribution in [0.4, 0.5) is 4.39 Å². The third-order valence-corrected chi connectivity index (χ3v) is 3.46. The number of aryl methyl sites for hydroxylation is 1. The molecule has 0 unspecified atom stereocenters. The summed E-state index contributed by atoms with van der Waals surface area (Å²) in [6.45, 7) is 1.17. The normalized spacial score (nSPS) is 10.5. The summed E-state index contributed by atoms with van der Waals surface area (Å²) < 4.78 is 17.9. The van der Waals surface area contributed by atoms with Crippen LogP contribution in [0.2, 0.25) is 0 Å². The van der Waals surface area contributed by atoms with Crippen molar-refractivity contribution in [1.82, 2.24) is 15.0 Å². The highest BCUT2D eigenvalue weighted by Gasteiger charge is 2.19. The molecule has 0 atom stereocenters. The SMILES string of the molecule is Cc1nn(-c2ccccc2)nc1C(=O)OCC(=O)c1ccc(F)cc1. The van der Waals surface area contributed by atoms with Crippen LogP contribution in [0, 0.1) is 12.7 Å². The lowest BCUT2D eigenvalue weighted by Gasteiger charge is -2.03. The van der Waals surface area contributed by atoms with Crippen molar-refractivity contribution in [1.29, 1.82) is 0 Å². The Morgan fingerprint density at radius 2 is 1.72 bits per heavy atom. The van der Waals surface area contributed by atoms with E-state index in [1.54, 1.807) is 19.1 Å². The maximum absolute atomic E-state index is 12.9. The summed E-state index contributed by atoms with van der Waals surface area (Å²) in [6, 6.07) is 14.1. The Morgan fingerprint density at radius 3 is 2.40 bits per heavy atom. The molecule has 3 aromatic rings. The third-order valence-electron chi connectivity index (χ3n) is 3.46. The average Bonchev–Trinajstić information content (AvgIpc) is 3.02. The number of aromatic nitrogens is 3. The molecule has 1 heterocycles. The average molecular weight is 339 g/mol. The molecule has 25 heavy (non-hydrogen) atoms. The molecule has 126 valence electrons. The van der Waals surface area contributed by atoms with Crippen LogP contribution >= 0.6 is 0 Å². The van der Waals surface area contributed by atoms with Gasteiger partial charge in [0.25, 0.3) is 0 Å². The summed E-state index contributed by atoms with van der Waals surface area (Å²) in [5.74, 6) is -1.61. The number of halogens is 1. The number of hydrogen-bond donors (Lipinski definition) is 0. The van der Waals surface area contributed by atoms with Crippen LogP contribution in [0.15, 0.2) is 54.6 Å². The summed E-state index contributed by atoms with van der Waals surface area (Å²) in [5.41, 5.74) is 1.39. The molecule has 0 N–H and O–H groups in total. The van der Waals surface area contributed by atoms with Gasteiger partial charge in [-0.2, -0.15) is 9.90 Å². The van der Waals surface area contributed by atoms with Gasteiger partial charge in [-0.3, -0.25) is 4.79 Å². The van der Waals surface area contributed by atoms with Crippen molar-refractivity contribution in [3.63, 3.8) is 0 Å². The third kappa shape index (κ3) is 3.77. The molecule has 0 saturated carbocycles. The van der Waals surface area contributed by atoms with Gasteiger partial charge in [0, 0.05) is 5.56 Å². The first-order valence-corrected chi connectivity index (χ1v) is 7.50. The molecule has 0 radical (unpaired) electrons. The van der Waals surface area contributed by atoms with E-state index in [-0.39, 0.29) is 11.3 Å².